The number of nitrogens with zero attached hydrogens (tertiary/aromatic N) is 2. The molecule has 1 radical (unpaired) electrons. The van der Waals surface area contributed by atoms with Crippen LogP contribution in [0.15, 0.2) is 0 Å². The molecular formula is C9H15N2Y-. The summed E-state index contributed by atoms with van der Waals surface area (Å²) in [5.74, 6) is 0.316. The smallest absolute Gasteiger partial charge is 0.0656 e. The van der Waals surface area contributed by atoms with E-state index < -0.39 is 0 Å². The van der Waals surface area contributed by atoms with Gasteiger partial charge in [-0.1, -0.05) is 0 Å². The molecule has 1 aliphatic rings. The quantitative estimate of drug-likeness (QED) is 0.683. The van der Waals surface area contributed by atoms with Gasteiger partial charge >= 0.3 is 0 Å². The monoisotopic (exact) mass is 240 g/mol. The molecule has 1 fully saturated rings. The van der Waals surface area contributed by atoms with Gasteiger partial charge in [0.1, 0.15) is 0 Å². The first-order chi connectivity index (χ1) is 5.36. The fourth-order valence-corrected chi connectivity index (χ4v) is 1.51. The number of hydrogen-bond acceptors (Lipinski definition) is 2. The Bertz CT molecular complexity index is 145. The fraction of sp³-hybridized carbons (Fsp3) is 0.778. The van der Waals surface area contributed by atoms with Crippen molar-refractivity contribution in [1.82, 2.24) is 4.90 Å². The van der Waals surface area contributed by atoms with Crippen LogP contribution in [0.5, 0.6) is 0 Å². The van der Waals surface area contributed by atoms with Crippen LogP contribution < -0.4 is 0 Å². The molecule has 0 N–H and O–H groups in total. The van der Waals surface area contributed by atoms with Gasteiger partial charge in [-0.05, 0) is 32.5 Å². The van der Waals surface area contributed by atoms with Crippen molar-refractivity contribution in [3.8, 4) is 6.07 Å². The molecule has 1 saturated heterocycles. The molecule has 0 spiro atoms. The molecule has 0 aliphatic carbocycles. The molecule has 0 aromatic heterocycles. The average Bonchev–Trinajstić information content (AvgIpc) is 2.07. The fourth-order valence-electron chi connectivity index (χ4n) is 1.51. The van der Waals surface area contributed by atoms with Crippen molar-refractivity contribution in [2.75, 3.05) is 19.6 Å². The number of rotatable bonds is 2. The summed E-state index contributed by atoms with van der Waals surface area (Å²) in [6, 6.07) is 2.32. The van der Waals surface area contributed by atoms with Crippen molar-refractivity contribution >= 4 is 0 Å². The van der Waals surface area contributed by atoms with Gasteiger partial charge < -0.3 is 11.8 Å². The first kappa shape index (κ1) is 12.6. The largest absolute Gasteiger partial charge is 0.342 e. The molecule has 1 aliphatic heterocycles. The minimum atomic E-state index is 0. The van der Waals surface area contributed by atoms with E-state index in [0.717, 1.165) is 38.9 Å². The van der Waals surface area contributed by atoms with E-state index in [4.69, 9.17) is 5.26 Å². The molecule has 0 saturated carbocycles. The van der Waals surface area contributed by atoms with Gasteiger partial charge in [-0.2, -0.15) is 11.7 Å². The number of likely N-dealkylation sites (tertiary alicyclic amines) is 1. The van der Waals surface area contributed by atoms with E-state index in [0.29, 0.717) is 5.92 Å². The first-order valence-electron chi connectivity index (χ1n) is 4.28. The predicted octanol–water partition coefficient (Wildman–Crippen LogP) is 1.44. The maximum Gasteiger partial charge on any atom is 0.0656 e. The van der Waals surface area contributed by atoms with E-state index in [9.17, 15) is 0 Å². The summed E-state index contributed by atoms with van der Waals surface area (Å²) >= 11 is 0. The third-order valence-corrected chi connectivity index (χ3v) is 2.24. The van der Waals surface area contributed by atoms with Gasteiger partial charge in [-0.25, -0.2) is 0 Å². The minimum Gasteiger partial charge on any atom is -0.342 e. The molecule has 3 heteroatoms. The van der Waals surface area contributed by atoms with Crippen LogP contribution in [0.1, 0.15) is 19.3 Å². The van der Waals surface area contributed by atoms with Crippen LogP contribution in [-0.2, 0) is 32.7 Å². The summed E-state index contributed by atoms with van der Waals surface area (Å²) in [6.45, 7) is 7.09. The molecular weight excluding hydrogens is 225 g/mol. The molecule has 1 heterocycles. The van der Waals surface area contributed by atoms with Crippen LogP contribution in [0.25, 0.3) is 0 Å². The molecule has 0 aromatic carbocycles. The zero-order valence-corrected chi connectivity index (χ0v) is 10.3. The van der Waals surface area contributed by atoms with E-state index in [2.05, 4.69) is 17.9 Å². The van der Waals surface area contributed by atoms with E-state index >= 15 is 0 Å². The molecule has 0 bridgehead atoms. The minimum absolute atomic E-state index is 0. The summed E-state index contributed by atoms with van der Waals surface area (Å²) in [6.07, 6.45) is 3.09. The Balaban J connectivity index is 0.00000121. The van der Waals surface area contributed by atoms with E-state index in [1.165, 1.54) is 0 Å². The summed E-state index contributed by atoms with van der Waals surface area (Å²) in [7, 11) is 0. The summed E-state index contributed by atoms with van der Waals surface area (Å²) in [5.41, 5.74) is 0. The van der Waals surface area contributed by atoms with Crippen LogP contribution in [-0.4, -0.2) is 24.5 Å². The molecule has 12 heavy (non-hydrogen) atoms. The van der Waals surface area contributed by atoms with Crippen molar-refractivity contribution in [2.45, 2.75) is 19.3 Å². The first-order valence-corrected chi connectivity index (χ1v) is 4.28. The Morgan fingerprint density at radius 1 is 1.42 bits per heavy atom. The second kappa shape index (κ2) is 7.01. The molecule has 65 valence electrons. The zero-order valence-electron chi connectivity index (χ0n) is 7.50. The Morgan fingerprint density at radius 2 is 2.00 bits per heavy atom. The second-order valence-corrected chi connectivity index (χ2v) is 3.10. The summed E-state index contributed by atoms with van der Waals surface area (Å²) in [4.78, 5) is 2.39. The zero-order chi connectivity index (χ0) is 8.10. The molecule has 0 aromatic rings. The SMILES string of the molecule is [CH2-]CCN1CCC(C#N)CC1.[Y]. The van der Waals surface area contributed by atoms with Crippen LogP contribution >= 0.6 is 0 Å². The summed E-state index contributed by atoms with van der Waals surface area (Å²) in [5, 5.41) is 8.63. The Kier molecular flexibility index (Phi) is 7.33. The number of nitriles is 1. The maximum atomic E-state index is 8.63. The van der Waals surface area contributed by atoms with Gasteiger partial charge in [-0.15, -0.1) is 0 Å². The molecule has 0 atom stereocenters. The van der Waals surface area contributed by atoms with Gasteiger partial charge in [0, 0.05) is 38.6 Å². The van der Waals surface area contributed by atoms with Crippen molar-refractivity contribution < 1.29 is 32.7 Å². The molecule has 1 rings (SSSR count). The van der Waals surface area contributed by atoms with Gasteiger partial charge in [0.05, 0.1) is 6.07 Å². The van der Waals surface area contributed by atoms with Crippen LogP contribution in [0.2, 0.25) is 0 Å². The normalized spacial score (nSPS) is 19.7. The average molecular weight is 240 g/mol. The Labute approximate surface area is 100 Å². The van der Waals surface area contributed by atoms with Crippen LogP contribution in [0, 0.1) is 24.2 Å². The molecule has 2 nitrogen and oxygen atoms in total. The van der Waals surface area contributed by atoms with Crippen molar-refractivity contribution in [1.29, 1.82) is 5.26 Å². The van der Waals surface area contributed by atoms with Gasteiger partial charge in [0.15, 0.2) is 0 Å². The number of hydrogen-bond donors (Lipinski definition) is 0. The Morgan fingerprint density at radius 3 is 2.42 bits per heavy atom. The number of piperidine rings is 1. The Hall–Kier alpha value is 0.554. The van der Waals surface area contributed by atoms with Crippen molar-refractivity contribution in [2.24, 2.45) is 5.92 Å². The van der Waals surface area contributed by atoms with Gasteiger partial charge in [0.2, 0.25) is 0 Å². The van der Waals surface area contributed by atoms with Crippen molar-refractivity contribution in [3.63, 3.8) is 0 Å². The van der Waals surface area contributed by atoms with Crippen molar-refractivity contribution in [3.05, 3.63) is 6.92 Å². The standard InChI is InChI=1S/C9H15N2.Y/c1-2-5-11-6-3-9(8-10)4-7-11;/h9H,1-7H2;/q-1;. The topological polar surface area (TPSA) is 27.0 Å². The second-order valence-electron chi connectivity index (χ2n) is 3.10. The molecule has 0 amide bonds. The predicted molar refractivity (Wildman–Crippen MR) is 44.8 cm³/mol. The van der Waals surface area contributed by atoms with E-state index in [-0.39, 0.29) is 32.7 Å². The molecule has 0 unspecified atom stereocenters. The summed E-state index contributed by atoms with van der Waals surface area (Å²) < 4.78 is 0. The maximum absolute atomic E-state index is 8.63. The van der Waals surface area contributed by atoms with Crippen LogP contribution in [0.3, 0.4) is 0 Å². The van der Waals surface area contributed by atoms with Crippen LogP contribution in [0.4, 0.5) is 0 Å². The van der Waals surface area contributed by atoms with Gasteiger partial charge in [-0.3, -0.25) is 0 Å². The van der Waals surface area contributed by atoms with Gasteiger partial charge in [0.25, 0.3) is 0 Å². The third kappa shape index (κ3) is 3.98. The van der Waals surface area contributed by atoms with E-state index in [1.54, 1.807) is 0 Å². The third-order valence-electron chi connectivity index (χ3n) is 2.24. The van der Waals surface area contributed by atoms with E-state index in [1.807, 2.05) is 0 Å².